The highest BCUT2D eigenvalue weighted by Crippen LogP contribution is 2.20. The third-order valence-corrected chi connectivity index (χ3v) is 3.17. The number of carbonyl (C=O) groups is 1. The van der Waals surface area contributed by atoms with Crippen molar-refractivity contribution in [2.24, 2.45) is 5.73 Å². The molecule has 2 unspecified atom stereocenters. The number of fused-ring (bicyclic) bond motifs is 1. The predicted molar refractivity (Wildman–Crippen MR) is 67.8 cm³/mol. The van der Waals surface area contributed by atoms with Gasteiger partial charge in [0, 0.05) is 17.6 Å². The summed E-state index contributed by atoms with van der Waals surface area (Å²) in [4.78, 5) is 11.9. The van der Waals surface area contributed by atoms with Crippen LogP contribution in [0.15, 0.2) is 42.5 Å². The number of amides is 1. The Morgan fingerprint density at radius 3 is 2.59 bits per heavy atom. The third-order valence-electron chi connectivity index (χ3n) is 3.17. The molecule has 0 spiro atoms. The molecule has 0 bridgehead atoms. The van der Waals surface area contributed by atoms with Crippen LogP contribution < -0.4 is 11.1 Å². The average Bonchev–Trinajstić information content (AvgIpc) is 3.04. The van der Waals surface area contributed by atoms with Gasteiger partial charge in [-0.3, -0.25) is 4.79 Å². The van der Waals surface area contributed by atoms with Gasteiger partial charge in [0.2, 0.25) is 0 Å². The van der Waals surface area contributed by atoms with Gasteiger partial charge in [0.15, 0.2) is 0 Å². The van der Waals surface area contributed by atoms with E-state index < -0.39 is 0 Å². The molecule has 0 aromatic heterocycles. The number of hydrogen-bond donors (Lipinski definition) is 2. The Morgan fingerprint density at radius 1 is 1.18 bits per heavy atom. The molecule has 3 nitrogen and oxygen atoms in total. The van der Waals surface area contributed by atoms with Gasteiger partial charge in [0.05, 0.1) is 0 Å². The van der Waals surface area contributed by atoms with Crippen LogP contribution in [0.5, 0.6) is 0 Å². The van der Waals surface area contributed by atoms with Crippen molar-refractivity contribution in [2.45, 2.75) is 18.5 Å². The lowest BCUT2D eigenvalue weighted by Gasteiger charge is -2.05. The lowest BCUT2D eigenvalue weighted by atomic mass is 10.1. The Morgan fingerprint density at radius 2 is 1.88 bits per heavy atom. The van der Waals surface area contributed by atoms with E-state index in [1.54, 1.807) is 0 Å². The summed E-state index contributed by atoms with van der Waals surface area (Å²) < 4.78 is 0. The molecule has 3 heteroatoms. The number of benzene rings is 2. The summed E-state index contributed by atoms with van der Waals surface area (Å²) in [5.41, 5.74) is 6.37. The van der Waals surface area contributed by atoms with Gasteiger partial charge in [-0.25, -0.2) is 0 Å². The van der Waals surface area contributed by atoms with Gasteiger partial charge in [0.25, 0.3) is 5.91 Å². The lowest BCUT2D eigenvalue weighted by molar-refractivity contribution is 0.0950. The maximum atomic E-state index is 11.9. The van der Waals surface area contributed by atoms with E-state index in [-0.39, 0.29) is 18.0 Å². The SMILES string of the molecule is NC1CC1NC(=O)c1ccc2ccccc2c1. The van der Waals surface area contributed by atoms with E-state index in [1.807, 2.05) is 42.5 Å². The molecule has 17 heavy (non-hydrogen) atoms. The minimum absolute atomic E-state index is 0.0336. The van der Waals surface area contributed by atoms with Crippen LogP contribution in [0.4, 0.5) is 0 Å². The zero-order valence-corrected chi connectivity index (χ0v) is 9.39. The van der Waals surface area contributed by atoms with Crippen LogP contribution in [0, 0.1) is 0 Å². The molecular weight excluding hydrogens is 212 g/mol. The molecule has 0 heterocycles. The molecule has 2 aromatic rings. The normalized spacial score (nSPS) is 22.4. The monoisotopic (exact) mass is 226 g/mol. The quantitative estimate of drug-likeness (QED) is 0.818. The largest absolute Gasteiger partial charge is 0.348 e. The second-order valence-corrected chi connectivity index (χ2v) is 4.54. The Kier molecular flexibility index (Phi) is 2.34. The summed E-state index contributed by atoms with van der Waals surface area (Å²) in [6.45, 7) is 0. The van der Waals surface area contributed by atoms with Gasteiger partial charge in [-0.05, 0) is 29.3 Å². The molecule has 3 N–H and O–H groups in total. The first-order valence-corrected chi connectivity index (χ1v) is 5.79. The Hall–Kier alpha value is -1.87. The van der Waals surface area contributed by atoms with E-state index in [4.69, 9.17) is 5.73 Å². The smallest absolute Gasteiger partial charge is 0.251 e. The highest BCUT2D eigenvalue weighted by atomic mass is 16.1. The molecule has 86 valence electrons. The topological polar surface area (TPSA) is 55.1 Å². The molecule has 1 amide bonds. The van der Waals surface area contributed by atoms with Crippen LogP contribution in [-0.4, -0.2) is 18.0 Å². The van der Waals surface area contributed by atoms with Gasteiger partial charge >= 0.3 is 0 Å². The van der Waals surface area contributed by atoms with E-state index in [2.05, 4.69) is 5.32 Å². The zero-order chi connectivity index (χ0) is 11.8. The fourth-order valence-electron chi connectivity index (χ4n) is 1.96. The summed E-state index contributed by atoms with van der Waals surface area (Å²) in [7, 11) is 0. The number of hydrogen-bond acceptors (Lipinski definition) is 2. The number of nitrogens with one attached hydrogen (secondary N) is 1. The van der Waals surface area contributed by atoms with Crippen molar-refractivity contribution >= 4 is 16.7 Å². The average molecular weight is 226 g/mol. The van der Waals surface area contributed by atoms with Gasteiger partial charge < -0.3 is 11.1 Å². The van der Waals surface area contributed by atoms with E-state index in [0.717, 1.165) is 17.2 Å². The van der Waals surface area contributed by atoms with Crippen molar-refractivity contribution in [3.05, 3.63) is 48.0 Å². The molecule has 1 fully saturated rings. The van der Waals surface area contributed by atoms with Crippen LogP contribution >= 0.6 is 0 Å². The van der Waals surface area contributed by atoms with E-state index in [9.17, 15) is 4.79 Å². The summed E-state index contributed by atoms with van der Waals surface area (Å²) >= 11 is 0. The van der Waals surface area contributed by atoms with Crippen molar-refractivity contribution in [1.29, 1.82) is 0 Å². The number of rotatable bonds is 2. The van der Waals surface area contributed by atoms with Crippen molar-refractivity contribution in [3.8, 4) is 0 Å². The number of carbonyl (C=O) groups excluding carboxylic acids is 1. The third kappa shape index (κ3) is 2.01. The fraction of sp³-hybridized carbons (Fsp3) is 0.214. The molecule has 3 rings (SSSR count). The van der Waals surface area contributed by atoms with Gasteiger partial charge in [0.1, 0.15) is 0 Å². The summed E-state index contributed by atoms with van der Waals surface area (Å²) in [5, 5.41) is 5.15. The summed E-state index contributed by atoms with van der Waals surface area (Å²) in [6.07, 6.45) is 0.888. The predicted octanol–water partition coefficient (Wildman–Crippen LogP) is 1.67. The van der Waals surface area contributed by atoms with Crippen LogP contribution in [-0.2, 0) is 0 Å². The maximum absolute atomic E-state index is 11.9. The second kappa shape index (κ2) is 3.86. The van der Waals surface area contributed by atoms with E-state index >= 15 is 0 Å². The Balaban J connectivity index is 1.87. The molecule has 0 aliphatic heterocycles. The molecule has 0 saturated heterocycles. The highest BCUT2D eigenvalue weighted by Gasteiger charge is 2.34. The minimum Gasteiger partial charge on any atom is -0.348 e. The number of nitrogens with two attached hydrogens (primary N) is 1. The summed E-state index contributed by atoms with van der Waals surface area (Å²) in [5.74, 6) is -0.0336. The van der Waals surface area contributed by atoms with Gasteiger partial charge in [-0.2, -0.15) is 0 Å². The van der Waals surface area contributed by atoms with Crippen molar-refractivity contribution in [2.75, 3.05) is 0 Å². The highest BCUT2D eigenvalue weighted by molar-refractivity contribution is 5.98. The van der Waals surface area contributed by atoms with E-state index in [1.165, 1.54) is 0 Å². The molecule has 1 aliphatic carbocycles. The summed E-state index contributed by atoms with van der Waals surface area (Å²) in [6, 6.07) is 14.0. The van der Waals surface area contributed by atoms with E-state index in [0.29, 0.717) is 5.56 Å². The Bertz CT molecular complexity index is 579. The lowest BCUT2D eigenvalue weighted by Crippen LogP contribution is -2.29. The van der Waals surface area contributed by atoms with Crippen LogP contribution in [0.2, 0.25) is 0 Å². The first-order chi connectivity index (χ1) is 8.24. The first-order valence-electron chi connectivity index (χ1n) is 5.79. The fourth-order valence-corrected chi connectivity index (χ4v) is 1.96. The van der Waals surface area contributed by atoms with Crippen LogP contribution in [0.3, 0.4) is 0 Å². The van der Waals surface area contributed by atoms with Crippen molar-refractivity contribution in [1.82, 2.24) is 5.32 Å². The molecule has 2 atom stereocenters. The molecule has 0 radical (unpaired) electrons. The Labute approximate surface area is 99.6 Å². The van der Waals surface area contributed by atoms with Gasteiger partial charge in [-0.15, -0.1) is 0 Å². The minimum atomic E-state index is -0.0336. The van der Waals surface area contributed by atoms with Crippen molar-refractivity contribution in [3.63, 3.8) is 0 Å². The van der Waals surface area contributed by atoms with Gasteiger partial charge in [-0.1, -0.05) is 30.3 Å². The van der Waals surface area contributed by atoms with Crippen LogP contribution in [0.25, 0.3) is 10.8 Å². The second-order valence-electron chi connectivity index (χ2n) is 4.54. The first kappa shape index (κ1) is 10.3. The molecule has 1 aliphatic rings. The zero-order valence-electron chi connectivity index (χ0n) is 9.39. The van der Waals surface area contributed by atoms with Crippen LogP contribution in [0.1, 0.15) is 16.8 Å². The molecule has 1 saturated carbocycles. The maximum Gasteiger partial charge on any atom is 0.251 e. The van der Waals surface area contributed by atoms with Crippen molar-refractivity contribution < 1.29 is 4.79 Å². The molecule has 2 aromatic carbocycles. The standard InChI is InChI=1S/C14H14N2O/c15-12-8-13(12)16-14(17)11-6-5-9-3-1-2-4-10(9)7-11/h1-7,12-13H,8,15H2,(H,16,17). The molecular formula is C14H14N2O.